The van der Waals surface area contributed by atoms with Crippen LogP contribution in [0.15, 0.2) is 168 Å². The van der Waals surface area contributed by atoms with E-state index in [0.717, 1.165) is 61.4 Å². The van der Waals surface area contributed by atoms with Crippen molar-refractivity contribution in [2.45, 2.75) is 19.3 Å². The van der Waals surface area contributed by atoms with Crippen molar-refractivity contribution in [3.05, 3.63) is 175 Å². The fourth-order valence-corrected chi connectivity index (χ4v) is 8.92. The first-order valence-electron chi connectivity index (χ1n) is 17.9. The van der Waals surface area contributed by atoms with Crippen molar-refractivity contribution in [3.8, 4) is 44.9 Å². The molecule has 0 saturated carbocycles. The van der Waals surface area contributed by atoms with Gasteiger partial charge in [-0.05, 0) is 86.8 Å². The van der Waals surface area contributed by atoms with E-state index in [9.17, 15) is 0 Å². The van der Waals surface area contributed by atoms with Gasteiger partial charge in [-0.15, -0.1) is 0 Å². The van der Waals surface area contributed by atoms with Gasteiger partial charge in [-0.1, -0.05) is 123 Å². The van der Waals surface area contributed by atoms with Crippen LogP contribution in [0.4, 0.5) is 17.1 Å². The summed E-state index contributed by atoms with van der Waals surface area (Å²) in [7, 11) is 0. The molecule has 0 fully saturated rings. The summed E-state index contributed by atoms with van der Waals surface area (Å²) in [6.45, 7) is 4.69. The molecule has 0 spiro atoms. The average Bonchev–Trinajstić information content (AvgIpc) is 3.67. The monoisotopic (exact) mass is 667 g/mol. The normalized spacial score (nSPS) is 13.5. The lowest BCUT2D eigenvalue weighted by Gasteiger charge is -2.33. The Morgan fingerprint density at radius 1 is 0.462 bits per heavy atom. The maximum absolute atomic E-state index is 6.85. The highest BCUT2D eigenvalue weighted by Crippen LogP contribution is 2.56. The molecule has 0 atom stereocenters. The molecule has 3 heteroatoms. The van der Waals surface area contributed by atoms with E-state index in [1.807, 2.05) is 12.1 Å². The smallest absolute Gasteiger partial charge is 0.137 e. The van der Waals surface area contributed by atoms with Crippen LogP contribution >= 0.6 is 0 Å². The molecule has 0 amide bonds. The Morgan fingerprint density at radius 3 is 2.08 bits per heavy atom. The van der Waals surface area contributed by atoms with Crippen LogP contribution in [0.2, 0.25) is 0 Å². The van der Waals surface area contributed by atoms with Crippen molar-refractivity contribution in [3.63, 3.8) is 0 Å². The van der Waals surface area contributed by atoms with Crippen LogP contribution in [0.5, 0.6) is 11.5 Å². The van der Waals surface area contributed by atoms with Crippen LogP contribution in [-0.2, 0) is 5.41 Å². The number of benzene rings is 8. The summed E-state index contributed by atoms with van der Waals surface area (Å²) in [6.07, 6.45) is 0. The van der Waals surface area contributed by atoms with Gasteiger partial charge >= 0.3 is 0 Å². The molecule has 0 radical (unpaired) electrons. The molecule has 9 aromatic rings. The quantitative estimate of drug-likeness (QED) is 0.187. The topological polar surface area (TPSA) is 25.6 Å². The lowest BCUT2D eigenvalue weighted by molar-refractivity contribution is 0.487. The van der Waals surface area contributed by atoms with Crippen molar-refractivity contribution in [2.75, 3.05) is 4.90 Å². The minimum atomic E-state index is -0.208. The van der Waals surface area contributed by atoms with Gasteiger partial charge in [0.05, 0.1) is 5.69 Å². The van der Waals surface area contributed by atoms with Crippen LogP contribution in [-0.4, -0.2) is 0 Å². The fraction of sp³-hybridized carbons (Fsp3) is 0.0612. The summed E-state index contributed by atoms with van der Waals surface area (Å²) in [5, 5.41) is 4.58. The van der Waals surface area contributed by atoms with E-state index in [1.54, 1.807) is 0 Å². The molecule has 2 heterocycles. The number of furan rings is 1. The number of para-hydroxylation sites is 1. The second-order valence-electron chi connectivity index (χ2n) is 14.5. The first kappa shape index (κ1) is 29.2. The summed E-state index contributed by atoms with van der Waals surface area (Å²) < 4.78 is 13.3. The zero-order chi connectivity index (χ0) is 34.6. The van der Waals surface area contributed by atoms with Crippen molar-refractivity contribution in [2.24, 2.45) is 0 Å². The lowest BCUT2D eigenvalue weighted by Crippen LogP contribution is -2.20. The summed E-state index contributed by atoms with van der Waals surface area (Å²) >= 11 is 0. The standard InChI is InChI=1S/C49H33NO2/c1-49(2)41-19-8-6-14-34(41)40-18-11-20-42(48(40)49)50(31-22-24-36-35-15-7-9-21-43(35)51-45(36)28-31)32-23-25-37-39-17-10-16-38-33(30-12-4-3-5-13-30)26-27-44(47(38)39)52-46(37)29-32/h3-29H,1-2H3. The maximum atomic E-state index is 6.85. The molecule has 0 saturated heterocycles. The largest absolute Gasteiger partial charge is 0.456 e. The molecule has 1 aliphatic heterocycles. The molecule has 2 aliphatic rings. The third-order valence-electron chi connectivity index (χ3n) is 11.2. The van der Waals surface area contributed by atoms with E-state index in [-0.39, 0.29) is 5.41 Å². The van der Waals surface area contributed by atoms with Crippen LogP contribution in [0.3, 0.4) is 0 Å². The highest BCUT2D eigenvalue weighted by atomic mass is 16.5. The van der Waals surface area contributed by atoms with Crippen LogP contribution in [0.25, 0.3) is 66.1 Å². The third kappa shape index (κ3) is 4.08. The number of ether oxygens (including phenoxy) is 1. The summed E-state index contributed by atoms with van der Waals surface area (Å²) in [5.41, 5.74) is 14.6. The van der Waals surface area contributed by atoms with Gasteiger partial charge in [0, 0.05) is 50.6 Å². The zero-order valence-corrected chi connectivity index (χ0v) is 28.9. The maximum Gasteiger partial charge on any atom is 0.137 e. The van der Waals surface area contributed by atoms with Crippen LogP contribution in [0.1, 0.15) is 25.0 Å². The molecular formula is C49H33NO2. The van der Waals surface area contributed by atoms with Crippen molar-refractivity contribution in [1.29, 1.82) is 0 Å². The zero-order valence-electron chi connectivity index (χ0n) is 28.9. The van der Waals surface area contributed by atoms with Gasteiger partial charge in [0.15, 0.2) is 0 Å². The van der Waals surface area contributed by atoms with E-state index in [1.165, 1.54) is 44.3 Å². The second-order valence-corrected chi connectivity index (χ2v) is 14.5. The molecule has 52 heavy (non-hydrogen) atoms. The summed E-state index contributed by atoms with van der Waals surface area (Å²) in [5.74, 6) is 1.72. The van der Waals surface area contributed by atoms with E-state index in [0.29, 0.717) is 0 Å². The number of hydrogen-bond donors (Lipinski definition) is 0. The molecule has 1 aromatic heterocycles. The number of anilines is 3. The van der Waals surface area contributed by atoms with Gasteiger partial charge in [-0.2, -0.15) is 0 Å². The van der Waals surface area contributed by atoms with Crippen molar-refractivity contribution in [1.82, 2.24) is 0 Å². The van der Waals surface area contributed by atoms with Gasteiger partial charge in [-0.3, -0.25) is 0 Å². The van der Waals surface area contributed by atoms with Crippen LogP contribution < -0.4 is 9.64 Å². The van der Waals surface area contributed by atoms with E-state index < -0.39 is 0 Å². The lowest BCUT2D eigenvalue weighted by atomic mass is 9.81. The fourth-order valence-electron chi connectivity index (χ4n) is 8.92. The molecule has 8 aromatic carbocycles. The Kier molecular flexibility index (Phi) is 6.01. The van der Waals surface area contributed by atoms with E-state index in [4.69, 9.17) is 9.15 Å². The summed E-state index contributed by atoms with van der Waals surface area (Å²) in [4.78, 5) is 2.39. The Morgan fingerprint density at radius 2 is 1.15 bits per heavy atom. The Hall–Kier alpha value is -6.58. The molecule has 1 aliphatic carbocycles. The molecule has 0 bridgehead atoms. The number of fused-ring (bicyclic) bond motifs is 8. The van der Waals surface area contributed by atoms with Gasteiger partial charge in [0.2, 0.25) is 0 Å². The summed E-state index contributed by atoms with van der Waals surface area (Å²) in [6, 6.07) is 58.6. The van der Waals surface area contributed by atoms with Gasteiger partial charge < -0.3 is 14.1 Å². The van der Waals surface area contributed by atoms with Crippen molar-refractivity contribution >= 4 is 49.8 Å². The van der Waals surface area contributed by atoms with Gasteiger partial charge in [-0.25, -0.2) is 0 Å². The molecule has 246 valence electrons. The number of hydrogen-bond acceptors (Lipinski definition) is 3. The highest BCUT2D eigenvalue weighted by Gasteiger charge is 2.39. The van der Waals surface area contributed by atoms with Crippen molar-refractivity contribution < 1.29 is 9.15 Å². The average molecular weight is 668 g/mol. The predicted octanol–water partition coefficient (Wildman–Crippen LogP) is 14.0. The molecule has 0 N–H and O–H groups in total. The van der Waals surface area contributed by atoms with Gasteiger partial charge in [0.1, 0.15) is 22.7 Å². The first-order chi connectivity index (χ1) is 25.5. The molecule has 3 nitrogen and oxygen atoms in total. The molecule has 11 rings (SSSR count). The second kappa shape index (κ2) is 10.7. The predicted molar refractivity (Wildman–Crippen MR) is 214 cm³/mol. The number of rotatable bonds is 4. The van der Waals surface area contributed by atoms with Crippen LogP contribution in [0, 0.1) is 0 Å². The third-order valence-corrected chi connectivity index (χ3v) is 11.2. The first-order valence-corrected chi connectivity index (χ1v) is 17.9. The minimum Gasteiger partial charge on any atom is -0.456 e. The molecular weight excluding hydrogens is 635 g/mol. The highest BCUT2D eigenvalue weighted by molar-refractivity contribution is 6.10. The molecule has 0 unspecified atom stereocenters. The SMILES string of the molecule is CC1(C)c2ccccc2-c2cccc(N(c3ccc4c(c3)Oc3ccc(-c5ccccc5)c5cccc-4c35)c3ccc4c(c3)oc3ccccc34)c21. The Labute approximate surface area is 302 Å². The minimum absolute atomic E-state index is 0.208. The van der Waals surface area contributed by atoms with E-state index in [2.05, 4.69) is 170 Å². The van der Waals surface area contributed by atoms with E-state index >= 15 is 0 Å². The Balaban J connectivity index is 1.12. The van der Waals surface area contributed by atoms with Gasteiger partial charge in [0.25, 0.3) is 0 Å². The Bertz CT molecular complexity index is 2920. The number of nitrogens with zero attached hydrogens (tertiary/aromatic N) is 1.